The van der Waals surface area contributed by atoms with Crippen molar-refractivity contribution in [3.63, 3.8) is 0 Å². The Hall–Kier alpha value is -2.89. The molecule has 4 rings (SSSR count). The number of likely N-dealkylation sites (tertiary alicyclic amines) is 1. The molecule has 3 heterocycles. The molecule has 1 amide bonds. The SMILES string of the molecule is O=C(c1cnn(-c2ccccc2)c1)N1CCCC(c2ccn[nH]2)C1. The fourth-order valence-corrected chi connectivity index (χ4v) is 3.25. The van der Waals surface area contributed by atoms with E-state index in [1.165, 1.54) is 0 Å². The molecule has 1 unspecified atom stereocenters. The maximum atomic E-state index is 12.8. The van der Waals surface area contributed by atoms with E-state index < -0.39 is 0 Å². The van der Waals surface area contributed by atoms with Crippen molar-refractivity contribution in [3.05, 3.63) is 66.2 Å². The number of aromatic amines is 1. The van der Waals surface area contributed by atoms with Crippen LogP contribution in [0.4, 0.5) is 0 Å². The summed E-state index contributed by atoms with van der Waals surface area (Å²) in [6, 6.07) is 11.8. The molecule has 3 aromatic rings. The van der Waals surface area contributed by atoms with Gasteiger partial charge in [-0.15, -0.1) is 0 Å². The van der Waals surface area contributed by atoms with Gasteiger partial charge in [0.1, 0.15) is 0 Å². The normalized spacial score (nSPS) is 17.8. The number of H-pyrrole nitrogens is 1. The number of piperidine rings is 1. The first-order valence-corrected chi connectivity index (χ1v) is 8.20. The molecule has 24 heavy (non-hydrogen) atoms. The largest absolute Gasteiger partial charge is 0.338 e. The number of amides is 1. The highest BCUT2D eigenvalue weighted by Gasteiger charge is 2.26. The first-order chi connectivity index (χ1) is 11.8. The van der Waals surface area contributed by atoms with Crippen molar-refractivity contribution in [1.29, 1.82) is 0 Å². The van der Waals surface area contributed by atoms with Crippen LogP contribution in [0, 0.1) is 0 Å². The zero-order valence-corrected chi connectivity index (χ0v) is 13.3. The van der Waals surface area contributed by atoms with Crippen LogP contribution < -0.4 is 0 Å². The molecule has 0 spiro atoms. The average Bonchev–Trinajstić information content (AvgIpc) is 3.34. The molecular weight excluding hydrogens is 302 g/mol. The summed E-state index contributed by atoms with van der Waals surface area (Å²) in [6.07, 6.45) is 7.30. The van der Waals surface area contributed by atoms with Crippen LogP contribution in [0.2, 0.25) is 0 Å². The minimum absolute atomic E-state index is 0.0430. The summed E-state index contributed by atoms with van der Waals surface area (Å²) < 4.78 is 1.74. The Bertz CT molecular complexity index is 809. The molecule has 1 N–H and O–H groups in total. The van der Waals surface area contributed by atoms with Crippen LogP contribution in [-0.4, -0.2) is 43.9 Å². The van der Waals surface area contributed by atoms with Gasteiger partial charge >= 0.3 is 0 Å². The number of benzene rings is 1. The maximum absolute atomic E-state index is 12.8. The van der Waals surface area contributed by atoms with E-state index in [4.69, 9.17) is 0 Å². The first kappa shape index (κ1) is 14.7. The zero-order valence-electron chi connectivity index (χ0n) is 13.3. The lowest BCUT2D eigenvalue weighted by Gasteiger charge is -2.32. The lowest BCUT2D eigenvalue weighted by Crippen LogP contribution is -2.39. The molecule has 6 nitrogen and oxygen atoms in total. The second-order valence-corrected chi connectivity index (χ2v) is 6.11. The predicted octanol–water partition coefficient (Wildman–Crippen LogP) is 2.62. The lowest BCUT2D eigenvalue weighted by atomic mass is 9.94. The fourth-order valence-electron chi connectivity index (χ4n) is 3.25. The average molecular weight is 321 g/mol. The summed E-state index contributed by atoms with van der Waals surface area (Å²) >= 11 is 0. The fraction of sp³-hybridized carbons (Fsp3) is 0.278. The molecular formula is C18H19N5O. The second-order valence-electron chi connectivity index (χ2n) is 6.11. The van der Waals surface area contributed by atoms with Crippen molar-refractivity contribution in [2.24, 2.45) is 0 Å². The summed E-state index contributed by atoms with van der Waals surface area (Å²) in [5.74, 6) is 0.371. The monoisotopic (exact) mass is 321 g/mol. The van der Waals surface area contributed by atoms with Gasteiger partial charge in [-0.05, 0) is 31.0 Å². The van der Waals surface area contributed by atoms with E-state index in [9.17, 15) is 4.79 Å². The smallest absolute Gasteiger partial charge is 0.257 e. The number of hydrogen-bond donors (Lipinski definition) is 1. The molecule has 122 valence electrons. The summed E-state index contributed by atoms with van der Waals surface area (Å²) in [4.78, 5) is 14.7. The van der Waals surface area contributed by atoms with Crippen LogP contribution in [-0.2, 0) is 0 Å². The van der Waals surface area contributed by atoms with E-state index in [2.05, 4.69) is 15.3 Å². The van der Waals surface area contributed by atoms with Crippen LogP contribution in [0.3, 0.4) is 0 Å². The molecule has 0 bridgehead atoms. The van der Waals surface area contributed by atoms with Crippen molar-refractivity contribution in [2.45, 2.75) is 18.8 Å². The zero-order chi connectivity index (χ0) is 16.4. The highest BCUT2D eigenvalue weighted by Crippen LogP contribution is 2.26. The Morgan fingerprint density at radius 1 is 1.21 bits per heavy atom. The van der Waals surface area contributed by atoms with Gasteiger partial charge in [0, 0.05) is 37.1 Å². The number of para-hydroxylation sites is 1. The van der Waals surface area contributed by atoms with Crippen molar-refractivity contribution in [2.75, 3.05) is 13.1 Å². The third-order valence-electron chi connectivity index (χ3n) is 4.52. The standard InChI is InChI=1S/C18H19N5O/c24-18(15-11-20-23(13-15)16-6-2-1-3-7-16)22-10-4-5-14(12-22)17-8-9-19-21-17/h1-3,6-9,11,13-14H,4-5,10,12H2,(H,19,21). The van der Waals surface area contributed by atoms with E-state index in [1.54, 1.807) is 23.3 Å². The molecule has 0 aliphatic carbocycles. The number of carbonyl (C=O) groups excluding carboxylic acids is 1. The minimum Gasteiger partial charge on any atom is -0.338 e. The van der Waals surface area contributed by atoms with Crippen LogP contribution in [0.25, 0.3) is 5.69 Å². The Labute approximate surface area is 140 Å². The van der Waals surface area contributed by atoms with Crippen molar-refractivity contribution in [3.8, 4) is 5.69 Å². The van der Waals surface area contributed by atoms with E-state index in [1.807, 2.05) is 41.3 Å². The molecule has 1 aliphatic rings. The third kappa shape index (κ3) is 2.82. The van der Waals surface area contributed by atoms with Gasteiger partial charge in [-0.2, -0.15) is 10.2 Å². The number of hydrogen-bond acceptors (Lipinski definition) is 3. The number of carbonyl (C=O) groups is 1. The summed E-state index contributed by atoms with van der Waals surface area (Å²) in [7, 11) is 0. The van der Waals surface area contributed by atoms with Crippen molar-refractivity contribution < 1.29 is 4.79 Å². The van der Waals surface area contributed by atoms with Gasteiger partial charge in [-0.1, -0.05) is 18.2 Å². The Morgan fingerprint density at radius 3 is 2.88 bits per heavy atom. The van der Waals surface area contributed by atoms with Crippen molar-refractivity contribution >= 4 is 5.91 Å². The Morgan fingerprint density at radius 2 is 2.08 bits per heavy atom. The highest BCUT2D eigenvalue weighted by molar-refractivity contribution is 5.94. The van der Waals surface area contributed by atoms with E-state index >= 15 is 0 Å². The van der Waals surface area contributed by atoms with Gasteiger partial charge in [0.15, 0.2) is 0 Å². The molecule has 1 saturated heterocycles. The third-order valence-corrected chi connectivity index (χ3v) is 4.52. The van der Waals surface area contributed by atoms with Gasteiger partial charge in [0.2, 0.25) is 0 Å². The number of rotatable bonds is 3. The van der Waals surface area contributed by atoms with E-state index in [0.29, 0.717) is 11.5 Å². The summed E-state index contributed by atoms with van der Waals surface area (Å²) in [5.41, 5.74) is 2.68. The van der Waals surface area contributed by atoms with Crippen LogP contribution >= 0.6 is 0 Å². The Balaban J connectivity index is 1.50. The van der Waals surface area contributed by atoms with Gasteiger partial charge < -0.3 is 4.90 Å². The molecule has 1 aromatic carbocycles. The molecule has 6 heteroatoms. The van der Waals surface area contributed by atoms with Crippen LogP contribution in [0.5, 0.6) is 0 Å². The van der Waals surface area contributed by atoms with E-state index in [0.717, 1.165) is 37.3 Å². The molecule has 0 radical (unpaired) electrons. The van der Waals surface area contributed by atoms with E-state index in [-0.39, 0.29) is 5.91 Å². The summed E-state index contributed by atoms with van der Waals surface area (Å²) in [6.45, 7) is 1.51. The van der Waals surface area contributed by atoms with Gasteiger partial charge in [0.25, 0.3) is 5.91 Å². The second kappa shape index (κ2) is 6.31. The summed E-state index contributed by atoms with van der Waals surface area (Å²) in [5, 5.41) is 11.4. The minimum atomic E-state index is 0.0430. The highest BCUT2D eigenvalue weighted by atomic mass is 16.2. The molecule has 1 aliphatic heterocycles. The van der Waals surface area contributed by atoms with Gasteiger partial charge in [-0.25, -0.2) is 4.68 Å². The lowest BCUT2D eigenvalue weighted by molar-refractivity contribution is 0.0706. The van der Waals surface area contributed by atoms with Crippen molar-refractivity contribution in [1.82, 2.24) is 24.9 Å². The number of aromatic nitrogens is 4. The number of nitrogens with one attached hydrogen (secondary N) is 1. The predicted molar refractivity (Wildman–Crippen MR) is 90.0 cm³/mol. The quantitative estimate of drug-likeness (QED) is 0.806. The van der Waals surface area contributed by atoms with Crippen LogP contribution in [0.1, 0.15) is 34.8 Å². The maximum Gasteiger partial charge on any atom is 0.257 e. The molecule has 1 atom stereocenters. The van der Waals surface area contributed by atoms with Crippen LogP contribution in [0.15, 0.2) is 55.0 Å². The topological polar surface area (TPSA) is 66.8 Å². The molecule has 0 saturated carbocycles. The number of nitrogens with zero attached hydrogens (tertiary/aromatic N) is 4. The van der Waals surface area contributed by atoms with Gasteiger partial charge in [0.05, 0.1) is 17.4 Å². The first-order valence-electron chi connectivity index (χ1n) is 8.20. The molecule has 1 fully saturated rings. The van der Waals surface area contributed by atoms with Gasteiger partial charge in [-0.3, -0.25) is 9.89 Å². The Kier molecular flexibility index (Phi) is 3.86. The molecule has 2 aromatic heterocycles.